The van der Waals surface area contributed by atoms with Crippen molar-refractivity contribution in [2.75, 3.05) is 12.4 Å². The van der Waals surface area contributed by atoms with Crippen LogP contribution >= 0.6 is 11.3 Å². The van der Waals surface area contributed by atoms with Gasteiger partial charge in [0.1, 0.15) is 0 Å². The number of rotatable bonds is 1. The van der Waals surface area contributed by atoms with E-state index in [0.29, 0.717) is 0 Å². The van der Waals surface area contributed by atoms with Crippen molar-refractivity contribution in [3.05, 3.63) is 16.3 Å². The van der Waals surface area contributed by atoms with E-state index in [4.69, 9.17) is 0 Å². The van der Waals surface area contributed by atoms with Crippen LogP contribution in [0.3, 0.4) is 0 Å². The van der Waals surface area contributed by atoms with Gasteiger partial charge in [-0.15, -0.1) is 11.3 Å². The molecule has 10 heavy (non-hydrogen) atoms. The van der Waals surface area contributed by atoms with Gasteiger partial charge < -0.3 is 5.32 Å². The Hall–Kier alpha value is -0.500. The number of hydrogen-bond donors (Lipinski definition) is 1. The summed E-state index contributed by atoms with van der Waals surface area (Å²) in [7, 11) is 1.94. The molecule has 0 spiro atoms. The Morgan fingerprint density at radius 2 is 2.00 bits per heavy atom. The number of hydrogen-bond acceptors (Lipinski definition) is 2. The maximum Gasteiger partial charge on any atom is 0.0476 e. The van der Waals surface area contributed by atoms with Crippen LogP contribution in [0.5, 0.6) is 0 Å². The summed E-state index contributed by atoms with van der Waals surface area (Å²) in [6.07, 6.45) is 0. The fraction of sp³-hybridized carbons (Fsp3) is 0.500. The smallest absolute Gasteiger partial charge is 0.0476 e. The van der Waals surface area contributed by atoms with Crippen molar-refractivity contribution in [1.29, 1.82) is 0 Å². The Morgan fingerprint density at radius 3 is 2.20 bits per heavy atom. The monoisotopic (exact) mass is 157 g/mol. The third kappa shape index (κ3) is 2.40. The van der Waals surface area contributed by atoms with Gasteiger partial charge in [0.25, 0.3) is 0 Å². The summed E-state index contributed by atoms with van der Waals surface area (Å²) in [5, 5.41) is 5.17. The van der Waals surface area contributed by atoms with Crippen molar-refractivity contribution >= 4 is 17.0 Å². The topological polar surface area (TPSA) is 12.0 Å². The van der Waals surface area contributed by atoms with Gasteiger partial charge in [0.15, 0.2) is 0 Å². The second kappa shape index (κ2) is 5.30. The van der Waals surface area contributed by atoms with E-state index < -0.39 is 0 Å². The van der Waals surface area contributed by atoms with Gasteiger partial charge in [-0.05, 0) is 18.4 Å². The summed E-state index contributed by atoms with van der Waals surface area (Å²) in [6.45, 7) is 6.11. The molecule has 0 fully saturated rings. The van der Waals surface area contributed by atoms with E-state index in [1.165, 1.54) is 10.6 Å². The fourth-order valence-corrected chi connectivity index (χ4v) is 1.35. The number of nitrogens with one attached hydrogen (secondary N) is 1. The zero-order chi connectivity index (χ0) is 7.98. The Kier molecular flexibility index (Phi) is 5.03. The van der Waals surface area contributed by atoms with Crippen LogP contribution in [0.1, 0.15) is 18.7 Å². The molecule has 0 amide bonds. The highest BCUT2D eigenvalue weighted by Gasteiger charge is 1.91. The summed E-state index contributed by atoms with van der Waals surface area (Å²) in [6, 6.07) is 2.08. The van der Waals surface area contributed by atoms with Gasteiger partial charge in [-0.25, -0.2) is 0 Å². The molecule has 1 heterocycles. The van der Waals surface area contributed by atoms with E-state index in [-0.39, 0.29) is 0 Å². The maximum absolute atomic E-state index is 3.09. The van der Waals surface area contributed by atoms with E-state index in [1.54, 1.807) is 11.3 Å². The molecule has 0 saturated heterocycles. The van der Waals surface area contributed by atoms with Gasteiger partial charge >= 0.3 is 0 Å². The highest BCUT2D eigenvalue weighted by atomic mass is 32.1. The van der Waals surface area contributed by atoms with E-state index >= 15 is 0 Å². The van der Waals surface area contributed by atoms with Crippen LogP contribution in [-0.4, -0.2) is 7.05 Å². The molecule has 0 radical (unpaired) electrons. The molecule has 58 valence electrons. The first-order valence-electron chi connectivity index (χ1n) is 3.56. The third-order valence-corrected chi connectivity index (χ3v) is 1.97. The summed E-state index contributed by atoms with van der Waals surface area (Å²) in [5.41, 5.74) is 1.25. The molecule has 0 aliphatic carbocycles. The molecule has 0 aromatic carbocycles. The number of anilines is 1. The lowest BCUT2D eigenvalue weighted by Gasteiger charge is -1.92. The predicted octanol–water partition coefficient (Wildman–Crippen LogP) is 3.12. The van der Waals surface area contributed by atoms with Crippen molar-refractivity contribution < 1.29 is 0 Å². The van der Waals surface area contributed by atoms with Crippen molar-refractivity contribution in [3.8, 4) is 0 Å². The summed E-state index contributed by atoms with van der Waals surface area (Å²) < 4.78 is 0. The van der Waals surface area contributed by atoms with Crippen LogP contribution in [0.4, 0.5) is 5.69 Å². The van der Waals surface area contributed by atoms with Gasteiger partial charge in [-0.2, -0.15) is 0 Å². The van der Waals surface area contributed by atoms with E-state index in [2.05, 4.69) is 23.7 Å². The molecule has 0 aliphatic heterocycles. The number of thiophene rings is 1. The number of aryl methyl sites for hydroxylation is 1. The minimum absolute atomic E-state index is 1.25. The van der Waals surface area contributed by atoms with Gasteiger partial charge in [0, 0.05) is 17.6 Å². The van der Waals surface area contributed by atoms with Crippen LogP contribution in [-0.2, 0) is 0 Å². The highest BCUT2D eigenvalue weighted by molar-refractivity contribution is 7.10. The molecule has 1 aromatic heterocycles. The molecule has 0 unspecified atom stereocenters. The average molecular weight is 157 g/mol. The maximum atomic E-state index is 3.09. The Morgan fingerprint density at radius 1 is 1.40 bits per heavy atom. The second-order valence-electron chi connectivity index (χ2n) is 1.64. The molecule has 0 saturated carbocycles. The molecule has 0 aliphatic rings. The first-order chi connectivity index (χ1) is 4.84. The van der Waals surface area contributed by atoms with E-state index in [1.807, 2.05) is 20.9 Å². The van der Waals surface area contributed by atoms with Crippen LogP contribution < -0.4 is 5.32 Å². The van der Waals surface area contributed by atoms with Gasteiger partial charge in [0.2, 0.25) is 0 Å². The molecule has 1 aromatic rings. The minimum atomic E-state index is 1.25. The summed E-state index contributed by atoms with van der Waals surface area (Å²) >= 11 is 1.77. The van der Waals surface area contributed by atoms with Gasteiger partial charge in [-0.3, -0.25) is 0 Å². The van der Waals surface area contributed by atoms with Gasteiger partial charge in [-0.1, -0.05) is 13.8 Å². The SMILES string of the molecule is CC.CNc1ccsc1C. The zero-order valence-electron chi connectivity index (χ0n) is 7.06. The lowest BCUT2D eigenvalue weighted by Crippen LogP contribution is -1.84. The van der Waals surface area contributed by atoms with Crippen molar-refractivity contribution in [2.45, 2.75) is 20.8 Å². The van der Waals surface area contributed by atoms with E-state index in [9.17, 15) is 0 Å². The van der Waals surface area contributed by atoms with E-state index in [0.717, 1.165) is 0 Å². The largest absolute Gasteiger partial charge is 0.387 e. The van der Waals surface area contributed by atoms with Crippen LogP contribution in [0.25, 0.3) is 0 Å². The molecule has 1 rings (SSSR count). The van der Waals surface area contributed by atoms with Crippen LogP contribution in [0.15, 0.2) is 11.4 Å². The lowest BCUT2D eigenvalue weighted by atomic mass is 10.4. The molecular weight excluding hydrogens is 142 g/mol. The predicted molar refractivity (Wildman–Crippen MR) is 50.0 cm³/mol. The first-order valence-corrected chi connectivity index (χ1v) is 4.44. The van der Waals surface area contributed by atoms with Crippen LogP contribution in [0, 0.1) is 6.92 Å². The molecule has 0 bridgehead atoms. The molecule has 1 nitrogen and oxygen atoms in total. The average Bonchev–Trinajstić information content (AvgIpc) is 2.39. The van der Waals surface area contributed by atoms with Crippen LogP contribution in [0.2, 0.25) is 0 Å². The quantitative estimate of drug-likeness (QED) is 0.660. The second-order valence-corrected chi connectivity index (χ2v) is 2.76. The Balaban J connectivity index is 0.000000371. The van der Waals surface area contributed by atoms with Crippen molar-refractivity contribution in [2.24, 2.45) is 0 Å². The molecule has 2 heteroatoms. The zero-order valence-corrected chi connectivity index (χ0v) is 7.88. The summed E-state index contributed by atoms with van der Waals surface area (Å²) in [5.74, 6) is 0. The molecule has 1 N–H and O–H groups in total. The normalized spacial score (nSPS) is 8.00. The van der Waals surface area contributed by atoms with Crippen molar-refractivity contribution in [3.63, 3.8) is 0 Å². The standard InChI is InChI=1S/C6H9NS.C2H6/c1-5-6(7-2)3-4-8-5;1-2/h3-4,7H,1-2H3;1-2H3. The molecule has 0 atom stereocenters. The Labute approximate surface area is 67.1 Å². The molecular formula is C8H15NS. The lowest BCUT2D eigenvalue weighted by molar-refractivity contribution is 1.49. The minimum Gasteiger partial charge on any atom is -0.387 e. The van der Waals surface area contributed by atoms with Crippen molar-refractivity contribution in [1.82, 2.24) is 0 Å². The third-order valence-electron chi connectivity index (χ3n) is 1.13. The summed E-state index contributed by atoms with van der Waals surface area (Å²) in [4.78, 5) is 1.35. The fourth-order valence-electron chi connectivity index (χ4n) is 0.644. The van der Waals surface area contributed by atoms with Gasteiger partial charge in [0.05, 0.1) is 0 Å². The highest BCUT2D eigenvalue weighted by Crippen LogP contribution is 2.18. The Bertz CT molecular complexity index is 170. The first kappa shape index (κ1) is 9.50.